The van der Waals surface area contributed by atoms with Crippen LogP contribution in [0.5, 0.6) is 11.5 Å². The summed E-state index contributed by atoms with van der Waals surface area (Å²) in [4.78, 5) is 4.03. The van der Waals surface area contributed by atoms with Crippen molar-refractivity contribution >= 4 is 11.6 Å². The zero-order valence-electron chi connectivity index (χ0n) is 11.8. The molecule has 2 aromatic rings. The van der Waals surface area contributed by atoms with Gasteiger partial charge in [0.1, 0.15) is 11.5 Å². The lowest BCUT2D eigenvalue weighted by Gasteiger charge is -2.21. The second-order valence-corrected chi connectivity index (χ2v) is 5.05. The molecule has 0 N–H and O–H groups in total. The second-order valence-electron chi connectivity index (χ2n) is 4.58. The Bertz CT molecular complexity index is 560. The lowest BCUT2D eigenvalue weighted by atomic mass is 9.93. The molecule has 0 aliphatic heterocycles. The fourth-order valence-corrected chi connectivity index (χ4v) is 2.48. The Kier molecular flexibility index (Phi) is 4.85. The molecule has 2 rings (SSSR count). The van der Waals surface area contributed by atoms with Gasteiger partial charge in [-0.1, -0.05) is 6.92 Å². The Morgan fingerprint density at radius 2 is 1.75 bits per heavy atom. The van der Waals surface area contributed by atoms with Crippen molar-refractivity contribution in [3.05, 3.63) is 53.9 Å². The van der Waals surface area contributed by atoms with Crippen LogP contribution in [0.15, 0.2) is 42.7 Å². The summed E-state index contributed by atoms with van der Waals surface area (Å²) in [5, 5.41) is -0.206. The van der Waals surface area contributed by atoms with E-state index in [-0.39, 0.29) is 11.3 Å². The van der Waals surface area contributed by atoms with Crippen LogP contribution in [-0.4, -0.2) is 19.2 Å². The number of alkyl halides is 1. The molecule has 1 heterocycles. The third kappa shape index (κ3) is 3.05. The Hall–Kier alpha value is -1.74. The number of ether oxygens (including phenoxy) is 2. The lowest BCUT2D eigenvalue weighted by molar-refractivity contribution is 0.397. The maximum absolute atomic E-state index is 6.65. The molecule has 0 fully saturated rings. The van der Waals surface area contributed by atoms with Crippen molar-refractivity contribution in [2.24, 2.45) is 0 Å². The predicted molar refractivity (Wildman–Crippen MR) is 80.8 cm³/mol. The minimum atomic E-state index is -0.206. The summed E-state index contributed by atoms with van der Waals surface area (Å²) in [6, 6.07) is 9.62. The highest BCUT2D eigenvalue weighted by Gasteiger charge is 2.22. The number of rotatable bonds is 5. The van der Waals surface area contributed by atoms with Gasteiger partial charge in [0, 0.05) is 23.9 Å². The summed E-state index contributed by atoms with van der Waals surface area (Å²) in [5.74, 6) is 1.68. The Balaban J connectivity index is 2.34. The van der Waals surface area contributed by atoms with Crippen LogP contribution in [0.2, 0.25) is 0 Å². The molecule has 0 bridgehead atoms. The monoisotopic (exact) mass is 291 g/mol. The summed E-state index contributed by atoms with van der Waals surface area (Å²) in [6.07, 6.45) is 3.55. The van der Waals surface area contributed by atoms with Crippen LogP contribution in [0, 0.1) is 0 Å². The van der Waals surface area contributed by atoms with E-state index < -0.39 is 0 Å². The van der Waals surface area contributed by atoms with Crippen molar-refractivity contribution in [1.82, 2.24) is 4.98 Å². The van der Waals surface area contributed by atoms with Gasteiger partial charge in [-0.25, -0.2) is 0 Å². The van der Waals surface area contributed by atoms with Gasteiger partial charge in [-0.2, -0.15) is 0 Å². The molecule has 0 spiro atoms. The first-order chi connectivity index (χ1) is 9.67. The van der Waals surface area contributed by atoms with E-state index in [4.69, 9.17) is 21.1 Å². The highest BCUT2D eigenvalue weighted by atomic mass is 35.5. The van der Waals surface area contributed by atoms with E-state index in [1.54, 1.807) is 26.6 Å². The SMILES string of the molecule is COc1ccc(OC)c(C(Cl)C(C)c2ccncc2)c1. The van der Waals surface area contributed by atoms with Gasteiger partial charge < -0.3 is 9.47 Å². The van der Waals surface area contributed by atoms with Gasteiger partial charge in [-0.3, -0.25) is 4.98 Å². The van der Waals surface area contributed by atoms with Crippen molar-refractivity contribution < 1.29 is 9.47 Å². The first-order valence-corrected chi connectivity index (χ1v) is 6.87. The van der Waals surface area contributed by atoms with Crippen molar-refractivity contribution in [3.8, 4) is 11.5 Å². The molecule has 2 unspecified atom stereocenters. The van der Waals surface area contributed by atoms with Crippen LogP contribution in [0.1, 0.15) is 29.3 Å². The van der Waals surface area contributed by atoms with Crippen molar-refractivity contribution in [2.75, 3.05) is 14.2 Å². The molecule has 1 aromatic heterocycles. The minimum Gasteiger partial charge on any atom is -0.497 e. The fraction of sp³-hybridized carbons (Fsp3) is 0.312. The fourth-order valence-electron chi connectivity index (χ4n) is 2.16. The Morgan fingerprint density at radius 3 is 2.35 bits per heavy atom. The van der Waals surface area contributed by atoms with Crippen LogP contribution in [-0.2, 0) is 0 Å². The lowest BCUT2D eigenvalue weighted by Crippen LogP contribution is -2.05. The molecule has 0 aliphatic carbocycles. The van der Waals surface area contributed by atoms with Crippen LogP contribution >= 0.6 is 11.6 Å². The van der Waals surface area contributed by atoms with Crippen molar-refractivity contribution in [2.45, 2.75) is 18.2 Å². The number of methoxy groups -OCH3 is 2. The molecular formula is C16H18ClNO2. The van der Waals surface area contributed by atoms with E-state index in [1.165, 1.54) is 0 Å². The number of hydrogen-bond donors (Lipinski definition) is 0. The minimum absolute atomic E-state index is 0.140. The summed E-state index contributed by atoms with van der Waals surface area (Å²) in [7, 11) is 3.28. The zero-order valence-corrected chi connectivity index (χ0v) is 12.6. The van der Waals surface area contributed by atoms with E-state index in [0.717, 1.165) is 22.6 Å². The van der Waals surface area contributed by atoms with Gasteiger partial charge in [0.15, 0.2) is 0 Å². The van der Waals surface area contributed by atoms with Gasteiger partial charge >= 0.3 is 0 Å². The molecule has 2 atom stereocenters. The number of hydrogen-bond acceptors (Lipinski definition) is 3. The topological polar surface area (TPSA) is 31.4 Å². The molecule has 20 heavy (non-hydrogen) atoms. The van der Waals surface area contributed by atoms with Crippen molar-refractivity contribution in [3.63, 3.8) is 0 Å². The normalized spacial score (nSPS) is 13.6. The maximum atomic E-state index is 6.65. The number of aromatic nitrogens is 1. The van der Waals surface area contributed by atoms with Gasteiger partial charge in [0.2, 0.25) is 0 Å². The van der Waals surface area contributed by atoms with Crippen LogP contribution in [0.25, 0.3) is 0 Å². The molecule has 0 saturated heterocycles. The molecule has 1 aromatic carbocycles. The quantitative estimate of drug-likeness (QED) is 0.774. The molecule has 4 heteroatoms. The first-order valence-electron chi connectivity index (χ1n) is 6.43. The van der Waals surface area contributed by atoms with Crippen LogP contribution in [0.3, 0.4) is 0 Å². The average Bonchev–Trinajstić information content (AvgIpc) is 2.53. The molecule has 106 valence electrons. The highest BCUT2D eigenvalue weighted by Crippen LogP contribution is 2.41. The van der Waals surface area contributed by atoms with Crippen LogP contribution in [0.4, 0.5) is 0 Å². The van der Waals surface area contributed by atoms with Gasteiger partial charge in [0.05, 0.1) is 19.6 Å². The first kappa shape index (κ1) is 14.7. The standard InChI is InChI=1S/C16H18ClNO2/c1-11(12-6-8-18-9-7-12)16(17)14-10-13(19-2)4-5-15(14)20-3/h4-11,16H,1-3H3. The largest absolute Gasteiger partial charge is 0.497 e. The summed E-state index contributed by atoms with van der Waals surface area (Å²) in [5.41, 5.74) is 2.07. The number of pyridine rings is 1. The molecular weight excluding hydrogens is 274 g/mol. The van der Waals surface area contributed by atoms with Crippen molar-refractivity contribution in [1.29, 1.82) is 0 Å². The average molecular weight is 292 g/mol. The zero-order chi connectivity index (χ0) is 14.5. The van der Waals surface area contributed by atoms with E-state index in [1.807, 2.05) is 30.3 Å². The Morgan fingerprint density at radius 1 is 1.05 bits per heavy atom. The van der Waals surface area contributed by atoms with Gasteiger partial charge in [-0.05, 0) is 35.9 Å². The van der Waals surface area contributed by atoms with E-state index in [2.05, 4.69) is 11.9 Å². The second kappa shape index (κ2) is 6.62. The number of nitrogens with zero attached hydrogens (tertiary/aromatic N) is 1. The van der Waals surface area contributed by atoms with E-state index >= 15 is 0 Å². The van der Waals surface area contributed by atoms with E-state index in [9.17, 15) is 0 Å². The molecule has 0 aliphatic rings. The Labute approximate surface area is 124 Å². The summed E-state index contributed by atoms with van der Waals surface area (Å²) >= 11 is 6.65. The van der Waals surface area contributed by atoms with Gasteiger partial charge in [-0.15, -0.1) is 11.6 Å². The third-order valence-corrected chi connectivity index (χ3v) is 4.02. The summed E-state index contributed by atoms with van der Waals surface area (Å²) in [6.45, 7) is 2.09. The third-order valence-electron chi connectivity index (χ3n) is 3.40. The number of halogens is 1. The van der Waals surface area contributed by atoms with E-state index in [0.29, 0.717) is 0 Å². The predicted octanol–water partition coefficient (Wildman–Crippen LogP) is 4.18. The molecule has 3 nitrogen and oxygen atoms in total. The summed E-state index contributed by atoms with van der Waals surface area (Å²) < 4.78 is 10.7. The maximum Gasteiger partial charge on any atom is 0.123 e. The highest BCUT2D eigenvalue weighted by molar-refractivity contribution is 6.21. The van der Waals surface area contributed by atoms with Gasteiger partial charge in [0.25, 0.3) is 0 Å². The number of benzene rings is 1. The molecule has 0 amide bonds. The molecule has 0 saturated carbocycles. The molecule has 0 radical (unpaired) electrons. The van der Waals surface area contributed by atoms with Crippen LogP contribution < -0.4 is 9.47 Å². The smallest absolute Gasteiger partial charge is 0.123 e.